The van der Waals surface area contributed by atoms with Gasteiger partial charge in [0.05, 0.1) is 4.47 Å². The van der Waals surface area contributed by atoms with Gasteiger partial charge < -0.3 is 5.32 Å². The van der Waals surface area contributed by atoms with Crippen LogP contribution in [0.15, 0.2) is 22.7 Å². The van der Waals surface area contributed by atoms with Gasteiger partial charge in [-0.1, -0.05) is 6.92 Å². The summed E-state index contributed by atoms with van der Waals surface area (Å²) >= 11 is 3.22. The molecule has 0 radical (unpaired) electrons. The minimum atomic E-state index is -0.274. The lowest BCUT2D eigenvalue weighted by atomic mass is 10.2. The van der Waals surface area contributed by atoms with E-state index in [4.69, 9.17) is 0 Å². The molecule has 0 spiro atoms. The minimum absolute atomic E-state index is 0.274. The molecule has 0 fully saturated rings. The first-order valence-corrected chi connectivity index (χ1v) is 8.07. The zero-order valence-electron chi connectivity index (χ0n) is 11.9. The van der Waals surface area contributed by atoms with Gasteiger partial charge in [-0.15, -0.1) is 0 Å². The molecule has 3 rings (SSSR count). The highest BCUT2D eigenvalue weighted by molar-refractivity contribution is 9.10. The predicted molar refractivity (Wildman–Crippen MR) is 85.9 cm³/mol. The zero-order valence-corrected chi connectivity index (χ0v) is 13.5. The highest BCUT2D eigenvalue weighted by Gasteiger charge is 2.20. The summed E-state index contributed by atoms with van der Waals surface area (Å²) in [6.45, 7) is 3.03. The predicted octanol–water partition coefficient (Wildman–Crippen LogP) is 4.36. The van der Waals surface area contributed by atoms with E-state index in [0.29, 0.717) is 10.3 Å². The average Bonchev–Trinajstić information content (AvgIpc) is 2.96. The lowest BCUT2D eigenvalue weighted by Crippen LogP contribution is -2.08. The smallest absolute Gasteiger partial charge is 0.161 e. The normalized spacial score (nSPS) is 13.3. The highest BCUT2D eigenvalue weighted by atomic mass is 79.9. The number of hydrogen-bond acceptors (Lipinski definition) is 3. The number of halogens is 2. The molecule has 1 aliphatic carbocycles. The summed E-state index contributed by atoms with van der Waals surface area (Å²) in [5.41, 5.74) is 3.20. The van der Waals surface area contributed by atoms with Crippen LogP contribution in [0.3, 0.4) is 0 Å². The summed E-state index contributed by atoms with van der Waals surface area (Å²) in [5, 5.41) is 3.39. The molecule has 0 unspecified atom stereocenters. The first kappa shape index (κ1) is 14.4. The van der Waals surface area contributed by atoms with Gasteiger partial charge in [0.25, 0.3) is 0 Å². The van der Waals surface area contributed by atoms with E-state index in [1.54, 1.807) is 12.1 Å². The Morgan fingerprint density at radius 2 is 2.14 bits per heavy atom. The summed E-state index contributed by atoms with van der Waals surface area (Å²) in [4.78, 5) is 9.33. The molecule has 1 aliphatic rings. The van der Waals surface area contributed by atoms with Crippen LogP contribution in [0.2, 0.25) is 0 Å². The maximum Gasteiger partial charge on any atom is 0.161 e. The molecule has 0 saturated carbocycles. The van der Waals surface area contributed by atoms with Crippen molar-refractivity contribution in [1.29, 1.82) is 0 Å². The topological polar surface area (TPSA) is 37.8 Å². The quantitative estimate of drug-likeness (QED) is 0.891. The van der Waals surface area contributed by atoms with E-state index in [0.717, 1.165) is 49.3 Å². The molecule has 0 amide bonds. The minimum Gasteiger partial charge on any atom is -0.370 e. The third kappa shape index (κ3) is 2.93. The van der Waals surface area contributed by atoms with E-state index < -0.39 is 0 Å². The number of benzene rings is 1. The van der Waals surface area contributed by atoms with Gasteiger partial charge in [-0.3, -0.25) is 0 Å². The third-order valence-electron chi connectivity index (χ3n) is 3.65. The number of aromatic nitrogens is 2. The first-order chi connectivity index (χ1) is 10.2. The summed E-state index contributed by atoms with van der Waals surface area (Å²) in [6.07, 6.45) is 4.21. The van der Waals surface area contributed by atoms with Crippen molar-refractivity contribution in [2.24, 2.45) is 0 Å². The average molecular weight is 350 g/mol. The van der Waals surface area contributed by atoms with Crippen LogP contribution in [-0.2, 0) is 12.8 Å². The summed E-state index contributed by atoms with van der Waals surface area (Å²) in [7, 11) is 0. The van der Waals surface area contributed by atoms with Gasteiger partial charge in [0.2, 0.25) is 0 Å². The number of nitrogens with one attached hydrogen (secondary N) is 1. The van der Waals surface area contributed by atoms with Crippen molar-refractivity contribution in [2.45, 2.75) is 32.6 Å². The maximum atomic E-state index is 13.4. The van der Waals surface area contributed by atoms with Gasteiger partial charge in [0.1, 0.15) is 11.6 Å². The third-order valence-corrected chi connectivity index (χ3v) is 4.26. The fraction of sp³-hybridized carbons (Fsp3) is 0.375. The SMILES string of the molecule is CCCNc1nc(-c2ccc(F)c(Br)c2)nc2c1CCC2. The second-order valence-electron chi connectivity index (χ2n) is 5.23. The maximum absolute atomic E-state index is 13.4. The van der Waals surface area contributed by atoms with Crippen LogP contribution < -0.4 is 5.32 Å². The van der Waals surface area contributed by atoms with E-state index in [1.807, 2.05) is 0 Å². The molecule has 5 heteroatoms. The van der Waals surface area contributed by atoms with Gasteiger partial charge in [0, 0.05) is 23.4 Å². The van der Waals surface area contributed by atoms with Crippen molar-refractivity contribution in [1.82, 2.24) is 9.97 Å². The number of nitrogens with zero attached hydrogens (tertiary/aromatic N) is 2. The van der Waals surface area contributed by atoms with Crippen LogP contribution in [0.1, 0.15) is 31.0 Å². The summed E-state index contributed by atoms with van der Waals surface area (Å²) in [6, 6.07) is 4.89. The number of fused-ring (bicyclic) bond motifs is 1. The van der Waals surface area contributed by atoms with Crippen molar-refractivity contribution in [2.75, 3.05) is 11.9 Å². The molecule has 2 aromatic rings. The summed E-state index contributed by atoms with van der Waals surface area (Å²) < 4.78 is 13.8. The summed E-state index contributed by atoms with van der Waals surface area (Å²) in [5.74, 6) is 1.33. The van der Waals surface area contributed by atoms with Gasteiger partial charge in [-0.05, 0) is 59.8 Å². The van der Waals surface area contributed by atoms with E-state index >= 15 is 0 Å². The van der Waals surface area contributed by atoms with Crippen LogP contribution in [0.5, 0.6) is 0 Å². The molecular weight excluding hydrogens is 333 g/mol. The number of hydrogen-bond donors (Lipinski definition) is 1. The fourth-order valence-electron chi connectivity index (χ4n) is 2.59. The van der Waals surface area contributed by atoms with Crippen LogP contribution in [-0.4, -0.2) is 16.5 Å². The van der Waals surface area contributed by atoms with Gasteiger partial charge in [-0.25, -0.2) is 14.4 Å². The molecule has 1 heterocycles. The lowest BCUT2D eigenvalue weighted by Gasteiger charge is -2.12. The molecule has 21 heavy (non-hydrogen) atoms. The van der Waals surface area contributed by atoms with Crippen LogP contribution in [0.4, 0.5) is 10.2 Å². The van der Waals surface area contributed by atoms with Crippen molar-refractivity contribution in [3.05, 3.63) is 39.7 Å². The van der Waals surface area contributed by atoms with Crippen molar-refractivity contribution in [3.8, 4) is 11.4 Å². The Hall–Kier alpha value is -1.49. The molecule has 3 nitrogen and oxygen atoms in total. The molecule has 0 bridgehead atoms. The largest absolute Gasteiger partial charge is 0.370 e. The van der Waals surface area contributed by atoms with Crippen LogP contribution in [0, 0.1) is 5.82 Å². The molecule has 0 atom stereocenters. The van der Waals surface area contributed by atoms with Crippen molar-refractivity contribution in [3.63, 3.8) is 0 Å². The Morgan fingerprint density at radius 1 is 1.29 bits per heavy atom. The van der Waals surface area contributed by atoms with Gasteiger partial charge in [-0.2, -0.15) is 0 Å². The lowest BCUT2D eigenvalue weighted by molar-refractivity contribution is 0.621. The Labute approximate surface area is 132 Å². The molecule has 110 valence electrons. The Balaban J connectivity index is 2.04. The number of aryl methyl sites for hydroxylation is 1. The van der Waals surface area contributed by atoms with Gasteiger partial charge in [0.15, 0.2) is 5.82 Å². The van der Waals surface area contributed by atoms with E-state index in [2.05, 4.69) is 38.1 Å². The van der Waals surface area contributed by atoms with E-state index in [1.165, 1.54) is 11.6 Å². The Bertz CT molecular complexity index is 673. The molecular formula is C16H17BrFN3. The van der Waals surface area contributed by atoms with Crippen molar-refractivity contribution < 1.29 is 4.39 Å². The van der Waals surface area contributed by atoms with Crippen molar-refractivity contribution >= 4 is 21.7 Å². The van der Waals surface area contributed by atoms with Gasteiger partial charge >= 0.3 is 0 Å². The van der Waals surface area contributed by atoms with E-state index in [9.17, 15) is 4.39 Å². The monoisotopic (exact) mass is 349 g/mol. The second kappa shape index (κ2) is 6.10. The molecule has 0 aliphatic heterocycles. The molecule has 1 aromatic carbocycles. The second-order valence-corrected chi connectivity index (χ2v) is 6.08. The van der Waals surface area contributed by atoms with Crippen LogP contribution in [0.25, 0.3) is 11.4 Å². The standard InChI is InChI=1S/C16H17BrFN3/c1-2-8-19-16-11-4-3-5-14(11)20-15(21-16)10-6-7-13(18)12(17)9-10/h6-7,9H,2-5,8H2,1H3,(H,19,20,21). The van der Waals surface area contributed by atoms with E-state index in [-0.39, 0.29) is 5.82 Å². The number of anilines is 1. The Morgan fingerprint density at radius 3 is 2.90 bits per heavy atom. The Kier molecular flexibility index (Phi) is 4.19. The zero-order chi connectivity index (χ0) is 14.8. The fourth-order valence-corrected chi connectivity index (χ4v) is 2.97. The molecule has 1 N–H and O–H groups in total. The van der Waals surface area contributed by atoms with Crippen LogP contribution >= 0.6 is 15.9 Å². The number of rotatable bonds is 4. The molecule has 0 saturated heterocycles. The first-order valence-electron chi connectivity index (χ1n) is 7.28. The molecule has 1 aromatic heterocycles. The highest BCUT2D eigenvalue weighted by Crippen LogP contribution is 2.30.